The van der Waals surface area contributed by atoms with Crippen LogP contribution in [0.4, 0.5) is 10.5 Å². The number of aliphatic hydroxyl groups excluding tert-OH is 1. The summed E-state index contributed by atoms with van der Waals surface area (Å²) in [5, 5.41) is 14.4. The minimum absolute atomic E-state index is 0.150. The van der Waals surface area contributed by atoms with Crippen molar-refractivity contribution >= 4 is 17.7 Å². The maximum absolute atomic E-state index is 12.7. The smallest absolute Gasteiger partial charge is 0.405 e. The van der Waals surface area contributed by atoms with E-state index in [1.807, 2.05) is 33.0 Å². The SMILES string of the molecule is CNc1cc2cc(c1)C[C@@H](C)C[C@H](OC)[C@H](O)[C@@H](C)/C=C(\C)[C@H](OC(N)=O)[C@@H](OC)CC/C=C(\C)C(=O)OC2. The van der Waals surface area contributed by atoms with Gasteiger partial charge in [0.1, 0.15) is 6.61 Å². The average Bonchev–Trinajstić information content (AvgIpc) is 2.90. The van der Waals surface area contributed by atoms with Gasteiger partial charge in [-0.25, -0.2) is 9.59 Å². The van der Waals surface area contributed by atoms with Crippen LogP contribution in [0.3, 0.4) is 0 Å². The highest BCUT2D eigenvalue weighted by Gasteiger charge is 2.30. The quantitative estimate of drug-likeness (QED) is 0.371. The van der Waals surface area contributed by atoms with Crippen LogP contribution >= 0.6 is 0 Å². The number of ether oxygens (including phenoxy) is 4. The molecule has 1 aromatic carbocycles. The number of hydrogen-bond donors (Lipinski definition) is 3. The van der Waals surface area contributed by atoms with Crippen LogP contribution in [0.1, 0.15) is 58.1 Å². The summed E-state index contributed by atoms with van der Waals surface area (Å²) in [7, 11) is 4.99. The number of carbonyl (C=O) groups is 2. The molecule has 1 heterocycles. The fourth-order valence-electron chi connectivity index (χ4n) is 5.10. The molecule has 2 rings (SSSR count). The maximum Gasteiger partial charge on any atom is 0.405 e. The zero-order valence-electron chi connectivity index (χ0n) is 24.4. The van der Waals surface area contributed by atoms with Crippen molar-refractivity contribution in [2.45, 2.75) is 84.4 Å². The van der Waals surface area contributed by atoms with Gasteiger partial charge in [0, 0.05) is 38.4 Å². The molecule has 0 fully saturated rings. The largest absolute Gasteiger partial charge is 0.457 e. The van der Waals surface area contributed by atoms with Crippen molar-refractivity contribution < 1.29 is 33.6 Å². The predicted molar refractivity (Wildman–Crippen MR) is 151 cm³/mol. The van der Waals surface area contributed by atoms with Gasteiger partial charge in [-0.3, -0.25) is 0 Å². The van der Waals surface area contributed by atoms with E-state index in [1.54, 1.807) is 20.1 Å². The van der Waals surface area contributed by atoms with Crippen LogP contribution < -0.4 is 11.1 Å². The Labute approximate surface area is 232 Å². The van der Waals surface area contributed by atoms with E-state index in [1.165, 1.54) is 7.11 Å². The van der Waals surface area contributed by atoms with Crippen LogP contribution in [0, 0.1) is 11.8 Å². The molecule has 1 amide bonds. The molecule has 0 unspecified atom stereocenters. The summed E-state index contributed by atoms with van der Waals surface area (Å²) in [5.74, 6) is -0.487. The van der Waals surface area contributed by atoms with Crippen molar-refractivity contribution in [2.24, 2.45) is 17.6 Å². The lowest BCUT2D eigenvalue weighted by Gasteiger charge is -2.30. The molecule has 218 valence electrons. The number of rotatable bonds is 4. The molecule has 0 radical (unpaired) electrons. The molecule has 1 aliphatic rings. The number of anilines is 1. The first-order chi connectivity index (χ1) is 18.5. The van der Waals surface area contributed by atoms with Crippen molar-refractivity contribution in [3.8, 4) is 0 Å². The van der Waals surface area contributed by atoms with Gasteiger partial charge in [-0.2, -0.15) is 0 Å². The Hall–Kier alpha value is -2.88. The first-order valence-corrected chi connectivity index (χ1v) is 13.5. The number of benzene rings is 1. The van der Waals surface area contributed by atoms with E-state index in [2.05, 4.69) is 24.4 Å². The standard InChI is InChI=1S/C30H46N2O7/c1-18-11-22-14-23(16-24(15-22)32-5)17-38-29(34)19(2)9-8-10-25(36-6)28(39-30(31)35)21(4)13-20(3)27(33)26(12-18)37-7/h9,13-16,18,20,25-28,32-33H,8,10-12,17H2,1-7H3,(H2,31,35)/b19-9+,21-13+/t18-,20+,25+,26+,27-,28+/m1/s1. The minimum Gasteiger partial charge on any atom is -0.457 e. The van der Waals surface area contributed by atoms with Crippen molar-refractivity contribution in [1.29, 1.82) is 0 Å². The first-order valence-electron chi connectivity index (χ1n) is 13.5. The molecule has 1 aromatic rings. The summed E-state index contributed by atoms with van der Waals surface area (Å²) in [6.45, 7) is 7.71. The van der Waals surface area contributed by atoms with E-state index < -0.39 is 36.5 Å². The number of aliphatic hydroxyl groups is 1. The lowest BCUT2D eigenvalue weighted by molar-refractivity contribution is -0.140. The van der Waals surface area contributed by atoms with Crippen LogP contribution in [-0.2, 0) is 36.8 Å². The van der Waals surface area contributed by atoms with Crippen LogP contribution in [-0.4, -0.2) is 62.9 Å². The number of hydrogen-bond acceptors (Lipinski definition) is 8. The van der Waals surface area contributed by atoms with Gasteiger partial charge in [-0.1, -0.05) is 32.1 Å². The van der Waals surface area contributed by atoms with Gasteiger partial charge in [0.25, 0.3) is 0 Å². The molecular weight excluding hydrogens is 500 g/mol. The van der Waals surface area contributed by atoms with Crippen molar-refractivity contribution in [3.05, 3.63) is 52.6 Å². The van der Waals surface area contributed by atoms with Crippen molar-refractivity contribution in [1.82, 2.24) is 0 Å². The Balaban J connectivity index is 2.45. The zero-order valence-corrected chi connectivity index (χ0v) is 24.4. The molecule has 4 N–H and O–H groups in total. The Morgan fingerprint density at radius 2 is 1.77 bits per heavy atom. The molecule has 6 atom stereocenters. The Morgan fingerprint density at radius 1 is 1.10 bits per heavy atom. The van der Waals surface area contributed by atoms with Gasteiger partial charge in [0.2, 0.25) is 0 Å². The number of amides is 1. The molecule has 0 spiro atoms. The Morgan fingerprint density at radius 3 is 2.38 bits per heavy atom. The molecule has 1 aliphatic heterocycles. The summed E-state index contributed by atoms with van der Waals surface area (Å²) in [6.07, 6.45) is 2.66. The van der Waals surface area contributed by atoms with Gasteiger partial charge in [0.05, 0.1) is 18.3 Å². The fourth-order valence-corrected chi connectivity index (χ4v) is 5.10. The molecular formula is C30H46N2O7. The summed E-state index contributed by atoms with van der Waals surface area (Å²) in [5.41, 5.74) is 9.51. The summed E-state index contributed by atoms with van der Waals surface area (Å²) in [6, 6.07) is 6.10. The maximum atomic E-state index is 12.7. The number of esters is 1. The molecule has 39 heavy (non-hydrogen) atoms. The molecule has 0 aromatic heterocycles. The van der Waals surface area contributed by atoms with E-state index in [0.717, 1.165) is 23.2 Å². The highest BCUT2D eigenvalue weighted by atomic mass is 16.6. The number of nitrogens with one attached hydrogen (secondary N) is 1. The van der Waals surface area contributed by atoms with E-state index in [0.29, 0.717) is 30.4 Å². The molecule has 0 aliphatic carbocycles. The number of fused-ring (bicyclic) bond motifs is 2. The van der Waals surface area contributed by atoms with E-state index in [9.17, 15) is 14.7 Å². The van der Waals surface area contributed by atoms with E-state index >= 15 is 0 Å². The van der Waals surface area contributed by atoms with Crippen LogP contribution in [0.5, 0.6) is 0 Å². The van der Waals surface area contributed by atoms with Gasteiger partial charge < -0.3 is 35.1 Å². The predicted octanol–water partition coefficient (Wildman–Crippen LogP) is 4.52. The van der Waals surface area contributed by atoms with E-state index in [4.69, 9.17) is 24.7 Å². The molecule has 9 heteroatoms. The fraction of sp³-hybridized carbons (Fsp3) is 0.600. The minimum atomic E-state index is -0.916. The normalized spacial score (nSPS) is 30.6. The number of primary amides is 1. The third kappa shape index (κ3) is 9.98. The zero-order chi connectivity index (χ0) is 29.1. The highest BCUT2D eigenvalue weighted by Crippen LogP contribution is 2.26. The Kier molecular flexibility index (Phi) is 13.0. The molecule has 2 bridgehead atoms. The third-order valence-corrected chi connectivity index (χ3v) is 7.23. The van der Waals surface area contributed by atoms with E-state index in [-0.39, 0.29) is 18.4 Å². The summed E-state index contributed by atoms with van der Waals surface area (Å²) >= 11 is 0. The van der Waals surface area contributed by atoms with Gasteiger partial charge in [-0.05, 0) is 74.3 Å². The number of carbonyl (C=O) groups excluding carboxylic acids is 2. The van der Waals surface area contributed by atoms with Crippen LogP contribution in [0.15, 0.2) is 41.5 Å². The van der Waals surface area contributed by atoms with Gasteiger partial charge >= 0.3 is 12.1 Å². The molecule has 0 saturated heterocycles. The number of cyclic esters (lactones) is 1. The second-order valence-corrected chi connectivity index (χ2v) is 10.5. The number of methoxy groups -OCH3 is 2. The lowest BCUT2D eigenvalue weighted by atomic mass is 9.88. The monoisotopic (exact) mass is 546 g/mol. The number of nitrogens with two attached hydrogens (primary N) is 1. The first kappa shape index (κ1) is 32.3. The Bertz CT molecular complexity index is 1020. The topological polar surface area (TPSA) is 129 Å². The van der Waals surface area contributed by atoms with Crippen molar-refractivity contribution in [2.75, 3.05) is 26.6 Å². The molecule has 9 nitrogen and oxygen atoms in total. The van der Waals surface area contributed by atoms with Crippen LogP contribution in [0.25, 0.3) is 0 Å². The van der Waals surface area contributed by atoms with Crippen LogP contribution in [0.2, 0.25) is 0 Å². The van der Waals surface area contributed by atoms with Gasteiger partial charge in [0.15, 0.2) is 6.10 Å². The highest BCUT2D eigenvalue weighted by molar-refractivity contribution is 5.87. The van der Waals surface area contributed by atoms with Gasteiger partial charge in [-0.15, -0.1) is 0 Å². The second-order valence-electron chi connectivity index (χ2n) is 10.5. The average molecular weight is 547 g/mol. The lowest BCUT2D eigenvalue weighted by Crippen LogP contribution is -2.37. The number of allylic oxidation sites excluding steroid dienone is 1. The summed E-state index contributed by atoms with van der Waals surface area (Å²) < 4.78 is 22.4. The second kappa shape index (κ2) is 15.6. The molecule has 0 saturated carbocycles. The third-order valence-electron chi connectivity index (χ3n) is 7.23. The van der Waals surface area contributed by atoms with Crippen molar-refractivity contribution in [3.63, 3.8) is 0 Å². The summed E-state index contributed by atoms with van der Waals surface area (Å²) in [4.78, 5) is 24.4.